The first-order chi connectivity index (χ1) is 12.9. The average molecular weight is 373 g/mol. The smallest absolute Gasteiger partial charge is 0.387 e. The highest BCUT2D eigenvalue weighted by atomic mass is 19.3. The monoisotopic (exact) mass is 373 g/mol. The summed E-state index contributed by atoms with van der Waals surface area (Å²) in [6.45, 7) is -2.91. The molecule has 0 radical (unpaired) electrons. The van der Waals surface area contributed by atoms with Crippen molar-refractivity contribution in [1.82, 2.24) is 4.98 Å². The Morgan fingerprint density at radius 3 is 2.67 bits per heavy atom. The molecule has 1 aromatic heterocycles. The lowest BCUT2D eigenvalue weighted by Gasteiger charge is -2.34. The van der Waals surface area contributed by atoms with Gasteiger partial charge in [-0.2, -0.15) is 8.78 Å². The molecule has 2 unspecified atom stereocenters. The molecule has 7 heteroatoms. The van der Waals surface area contributed by atoms with Crippen LogP contribution in [0.25, 0.3) is 5.57 Å². The van der Waals surface area contributed by atoms with Gasteiger partial charge >= 0.3 is 6.61 Å². The van der Waals surface area contributed by atoms with Gasteiger partial charge in [0.05, 0.1) is 12.6 Å². The van der Waals surface area contributed by atoms with Gasteiger partial charge in [0, 0.05) is 23.9 Å². The highest BCUT2D eigenvalue weighted by Gasteiger charge is 2.33. The zero-order valence-electron chi connectivity index (χ0n) is 14.8. The number of rotatable bonds is 6. The minimum Gasteiger partial charge on any atom is -0.481 e. The molecule has 0 fully saturated rings. The van der Waals surface area contributed by atoms with Crippen molar-refractivity contribution in [2.75, 3.05) is 7.11 Å². The predicted molar refractivity (Wildman–Crippen MR) is 99.6 cm³/mol. The second-order valence-electron chi connectivity index (χ2n) is 6.35. The summed E-state index contributed by atoms with van der Waals surface area (Å²) in [5.74, 6) is 0.605. The molecule has 0 bridgehead atoms. The van der Waals surface area contributed by atoms with Gasteiger partial charge in [-0.25, -0.2) is 4.98 Å². The molecule has 0 aliphatic heterocycles. The van der Waals surface area contributed by atoms with Crippen LogP contribution < -0.4 is 20.9 Å². The Kier molecular flexibility index (Phi) is 5.53. The van der Waals surface area contributed by atoms with Gasteiger partial charge in [0.2, 0.25) is 5.88 Å². The Morgan fingerprint density at radius 2 is 2.00 bits per heavy atom. The molecule has 1 aliphatic rings. The van der Waals surface area contributed by atoms with Crippen LogP contribution in [0.5, 0.6) is 11.6 Å². The maximum Gasteiger partial charge on any atom is 0.387 e. The van der Waals surface area contributed by atoms with E-state index >= 15 is 0 Å². The number of para-hydroxylation sites is 1. The summed E-state index contributed by atoms with van der Waals surface area (Å²) in [6.07, 6.45) is 7.45. The van der Waals surface area contributed by atoms with Crippen molar-refractivity contribution in [3.63, 3.8) is 0 Å². The van der Waals surface area contributed by atoms with Crippen LogP contribution in [0, 0.1) is 0 Å². The SMILES string of the molecule is COc1ccc(C2=CC(N)(Cc3ccccc3OC(F)F)C(N)C=C2)cn1. The number of aromatic nitrogens is 1. The number of halogens is 2. The summed E-state index contributed by atoms with van der Waals surface area (Å²) in [7, 11) is 1.55. The van der Waals surface area contributed by atoms with E-state index in [0.29, 0.717) is 11.4 Å². The molecule has 0 saturated heterocycles. The molecular weight excluding hydrogens is 352 g/mol. The van der Waals surface area contributed by atoms with Crippen molar-refractivity contribution in [2.45, 2.75) is 24.6 Å². The van der Waals surface area contributed by atoms with Crippen LogP contribution in [0.3, 0.4) is 0 Å². The standard InChI is InChI=1S/C20H21F2N3O2/c1-26-18-9-7-15(12-25-18)13-6-8-17(23)20(24,10-13)11-14-4-2-3-5-16(14)27-19(21)22/h2-10,12,17,19H,11,23-24H2,1H3. The van der Waals surface area contributed by atoms with Gasteiger partial charge in [-0.3, -0.25) is 0 Å². The molecule has 0 amide bonds. The fourth-order valence-corrected chi connectivity index (χ4v) is 3.03. The summed E-state index contributed by atoms with van der Waals surface area (Å²) in [5, 5.41) is 0. The van der Waals surface area contributed by atoms with E-state index in [9.17, 15) is 8.78 Å². The average Bonchev–Trinajstić information content (AvgIpc) is 2.65. The van der Waals surface area contributed by atoms with Gasteiger partial charge in [0.25, 0.3) is 0 Å². The topological polar surface area (TPSA) is 83.4 Å². The van der Waals surface area contributed by atoms with Gasteiger partial charge < -0.3 is 20.9 Å². The molecule has 1 aliphatic carbocycles. The summed E-state index contributed by atoms with van der Waals surface area (Å²) >= 11 is 0. The second-order valence-corrected chi connectivity index (χ2v) is 6.35. The van der Waals surface area contributed by atoms with Crippen LogP contribution in [-0.4, -0.2) is 30.3 Å². The first-order valence-corrected chi connectivity index (χ1v) is 8.40. The number of pyridine rings is 1. The lowest BCUT2D eigenvalue weighted by Crippen LogP contribution is -2.55. The van der Waals surface area contributed by atoms with Crippen molar-refractivity contribution < 1.29 is 18.3 Å². The Balaban J connectivity index is 1.91. The van der Waals surface area contributed by atoms with E-state index in [4.69, 9.17) is 16.2 Å². The number of hydrogen-bond acceptors (Lipinski definition) is 5. The van der Waals surface area contributed by atoms with E-state index in [1.807, 2.05) is 18.2 Å². The van der Waals surface area contributed by atoms with Crippen LogP contribution in [-0.2, 0) is 6.42 Å². The molecule has 142 valence electrons. The Hall–Kier alpha value is -2.77. The summed E-state index contributed by atoms with van der Waals surface area (Å²) < 4.78 is 35.0. The van der Waals surface area contributed by atoms with Gasteiger partial charge in [-0.05, 0) is 29.7 Å². The largest absolute Gasteiger partial charge is 0.481 e. The van der Waals surface area contributed by atoms with E-state index in [0.717, 1.165) is 11.1 Å². The van der Waals surface area contributed by atoms with Crippen molar-refractivity contribution in [1.29, 1.82) is 0 Å². The van der Waals surface area contributed by atoms with Crippen LogP contribution in [0.4, 0.5) is 8.78 Å². The molecule has 2 aromatic rings. The van der Waals surface area contributed by atoms with E-state index in [2.05, 4.69) is 9.72 Å². The van der Waals surface area contributed by atoms with Crippen LogP contribution in [0.15, 0.2) is 60.8 Å². The van der Waals surface area contributed by atoms with Gasteiger partial charge in [-0.15, -0.1) is 0 Å². The van der Waals surface area contributed by atoms with Gasteiger partial charge in [-0.1, -0.05) is 36.4 Å². The van der Waals surface area contributed by atoms with Crippen molar-refractivity contribution in [3.8, 4) is 11.6 Å². The van der Waals surface area contributed by atoms with E-state index < -0.39 is 18.2 Å². The number of ether oxygens (including phenoxy) is 2. The first kappa shape index (κ1) is 19.0. The van der Waals surface area contributed by atoms with Gasteiger partial charge in [0.1, 0.15) is 5.75 Å². The lowest BCUT2D eigenvalue weighted by atomic mass is 9.79. The molecule has 3 rings (SSSR count). The van der Waals surface area contributed by atoms with Crippen LogP contribution >= 0.6 is 0 Å². The number of nitrogens with zero attached hydrogens (tertiary/aromatic N) is 1. The number of hydrogen-bond donors (Lipinski definition) is 2. The first-order valence-electron chi connectivity index (χ1n) is 8.40. The number of benzene rings is 1. The maximum absolute atomic E-state index is 12.7. The fraction of sp³-hybridized carbons (Fsp3) is 0.250. The highest BCUT2D eigenvalue weighted by Crippen LogP contribution is 2.31. The molecule has 5 nitrogen and oxygen atoms in total. The highest BCUT2D eigenvalue weighted by molar-refractivity contribution is 5.76. The quantitative estimate of drug-likeness (QED) is 0.813. The van der Waals surface area contributed by atoms with Gasteiger partial charge in [0.15, 0.2) is 0 Å². The minimum atomic E-state index is -2.91. The summed E-state index contributed by atoms with van der Waals surface area (Å²) in [5.41, 5.74) is 14.1. The molecular formula is C20H21F2N3O2. The Morgan fingerprint density at radius 1 is 1.22 bits per heavy atom. The third-order valence-corrected chi connectivity index (χ3v) is 4.49. The molecule has 0 spiro atoms. The molecule has 27 heavy (non-hydrogen) atoms. The summed E-state index contributed by atoms with van der Waals surface area (Å²) in [4.78, 5) is 4.20. The molecule has 4 N–H and O–H groups in total. The zero-order chi connectivity index (χ0) is 19.4. The zero-order valence-corrected chi connectivity index (χ0v) is 14.8. The fourth-order valence-electron chi connectivity index (χ4n) is 3.03. The molecule has 2 atom stereocenters. The molecule has 1 heterocycles. The number of alkyl halides is 2. The molecule has 1 aromatic carbocycles. The predicted octanol–water partition coefficient (Wildman–Crippen LogP) is 2.91. The maximum atomic E-state index is 12.7. The van der Waals surface area contributed by atoms with Crippen molar-refractivity contribution >= 4 is 5.57 Å². The number of nitrogens with two attached hydrogens (primary N) is 2. The van der Waals surface area contributed by atoms with Crippen molar-refractivity contribution in [2.24, 2.45) is 11.5 Å². The normalized spacial score (nSPS) is 21.9. The molecule has 0 saturated carbocycles. The minimum absolute atomic E-state index is 0.0974. The third-order valence-electron chi connectivity index (χ3n) is 4.49. The lowest BCUT2D eigenvalue weighted by molar-refractivity contribution is -0.0505. The second kappa shape index (κ2) is 7.85. The number of methoxy groups -OCH3 is 1. The summed E-state index contributed by atoms with van der Waals surface area (Å²) in [6, 6.07) is 9.73. The Labute approximate surface area is 156 Å². The van der Waals surface area contributed by atoms with E-state index in [1.54, 1.807) is 43.6 Å². The third kappa shape index (κ3) is 4.32. The van der Waals surface area contributed by atoms with Crippen molar-refractivity contribution in [3.05, 3.63) is 72.0 Å². The Bertz CT molecular complexity index is 853. The van der Waals surface area contributed by atoms with Crippen LogP contribution in [0.1, 0.15) is 11.1 Å². The van der Waals surface area contributed by atoms with E-state index in [-0.39, 0.29) is 12.2 Å². The number of allylic oxidation sites excluding steroid dienone is 2. The van der Waals surface area contributed by atoms with E-state index in [1.165, 1.54) is 6.07 Å². The van der Waals surface area contributed by atoms with Crippen LogP contribution in [0.2, 0.25) is 0 Å².